The van der Waals surface area contributed by atoms with Gasteiger partial charge >= 0.3 is 0 Å². The van der Waals surface area contributed by atoms with Crippen LogP contribution in [0.1, 0.15) is 0 Å². The highest BCUT2D eigenvalue weighted by Gasteiger charge is 2.07. The van der Waals surface area contributed by atoms with Crippen molar-refractivity contribution in [2.45, 2.75) is 0 Å². The molecule has 0 amide bonds. The van der Waals surface area contributed by atoms with Gasteiger partial charge in [0.05, 0.1) is 21.1 Å². The van der Waals surface area contributed by atoms with Crippen LogP contribution in [0.15, 0.2) is 36.7 Å². The van der Waals surface area contributed by atoms with E-state index in [4.69, 9.17) is 23.2 Å². The van der Waals surface area contributed by atoms with Gasteiger partial charge in [0, 0.05) is 18.0 Å². The van der Waals surface area contributed by atoms with E-state index in [0.717, 1.165) is 22.4 Å². The molecule has 0 aliphatic heterocycles. The lowest BCUT2D eigenvalue weighted by atomic mass is 10.3. The zero-order chi connectivity index (χ0) is 11.8. The standard InChI is InChI=1S/C12H7Cl2N3/c13-8-5-10-11(6-9(8)14)17-12(16-10)7-1-3-15-4-2-7/h1-6H,(H,16,17). The van der Waals surface area contributed by atoms with Gasteiger partial charge < -0.3 is 4.98 Å². The van der Waals surface area contributed by atoms with Crippen molar-refractivity contribution in [2.75, 3.05) is 0 Å². The summed E-state index contributed by atoms with van der Waals surface area (Å²) in [5, 5.41) is 1.02. The highest BCUT2D eigenvalue weighted by Crippen LogP contribution is 2.28. The molecule has 84 valence electrons. The maximum absolute atomic E-state index is 5.95. The van der Waals surface area contributed by atoms with Gasteiger partial charge in [-0.1, -0.05) is 23.2 Å². The first-order valence-electron chi connectivity index (χ1n) is 4.99. The average molecular weight is 264 g/mol. The Morgan fingerprint density at radius 2 is 1.71 bits per heavy atom. The van der Waals surface area contributed by atoms with Gasteiger partial charge in [-0.3, -0.25) is 4.98 Å². The number of hydrogen-bond donors (Lipinski definition) is 1. The number of rotatable bonds is 1. The van der Waals surface area contributed by atoms with E-state index in [0.29, 0.717) is 10.0 Å². The molecular formula is C12H7Cl2N3. The minimum absolute atomic E-state index is 0.506. The van der Waals surface area contributed by atoms with Crippen molar-refractivity contribution in [1.82, 2.24) is 15.0 Å². The van der Waals surface area contributed by atoms with Crippen molar-refractivity contribution in [3.05, 3.63) is 46.7 Å². The Balaban J connectivity index is 2.21. The molecule has 3 nitrogen and oxygen atoms in total. The summed E-state index contributed by atoms with van der Waals surface area (Å²) in [6.45, 7) is 0. The van der Waals surface area contributed by atoms with Crippen molar-refractivity contribution < 1.29 is 0 Å². The van der Waals surface area contributed by atoms with Crippen LogP contribution in [0.4, 0.5) is 0 Å². The van der Waals surface area contributed by atoms with Crippen LogP contribution in [0, 0.1) is 0 Å². The Morgan fingerprint density at radius 1 is 1.00 bits per heavy atom. The number of nitrogens with one attached hydrogen (secondary N) is 1. The molecule has 0 spiro atoms. The van der Waals surface area contributed by atoms with Gasteiger partial charge in [-0.15, -0.1) is 0 Å². The van der Waals surface area contributed by atoms with Crippen LogP contribution in [0.25, 0.3) is 22.4 Å². The van der Waals surface area contributed by atoms with Crippen molar-refractivity contribution in [3.8, 4) is 11.4 Å². The van der Waals surface area contributed by atoms with E-state index in [1.807, 2.05) is 12.1 Å². The first kappa shape index (κ1) is 10.6. The SMILES string of the molecule is Clc1cc2nc(-c3ccncc3)[nH]c2cc1Cl. The van der Waals surface area contributed by atoms with Gasteiger partial charge in [-0.05, 0) is 24.3 Å². The second-order valence-electron chi connectivity index (χ2n) is 3.60. The minimum Gasteiger partial charge on any atom is -0.338 e. The third kappa shape index (κ3) is 1.88. The fourth-order valence-electron chi connectivity index (χ4n) is 1.65. The van der Waals surface area contributed by atoms with Gasteiger partial charge in [-0.2, -0.15) is 0 Å². The summed E-state index contributed by atoms with van der Waals surface area (Å²) in [6, 6.07) is 7.30. The van der Waals surface area contributed by atoms with Crippen molar-refractivity contribution in [3.63, 3.8) is 0 Å². The molecule has 5 heteroatoms. The first-order valence-corrected chi connectivity index (χ1v) is 5.75. The summed E-state index contributed by atoms with van der Waals surface area (Å²) in [6.07, 6.45) is 3.45. The van der Waals surface area contributed by atoms with Crippen molar-refractivity contribution >= 4 is 34.2 Å². The third-order valence-electron chi connectivity index (χ3n) is 2.48. The van der Waals surface area contributed by atoms with E-state index in [2.05, 4.69) is 15.0 Å². The molecule has 1 aromatic carbocycles. The minimum atomic E-state index is 0.506. The first-order chi connectivity index (χ1) is 8.24. The monoisotopic (exact) mass is 263 g/mol. The quantitative estimate of drug-likeness (QED) is 0.723. The molecule has 17 heavy (non-hydrogen) atoms. The summed E-state index contributed by atoms with van der Waals surface area (Å²) in [7, 11) is 0. The summed E-state index contributed by atoms with van der Waals surface area (Å²) in [5.41, 5.74) is 2.64. The number of aromatic nitrogens is 3. The predicted molar refractivity (Wildman–Crippen MR) is 69.3 cm³/mol. The molecule has 0 bridgehead atoms. The third-order valence-corrected chi connectivity index (χ3v) is 3.20. The zero-order valence-corrected chi connectivity index (χ0v) is 10.1. The van der Waals surface area contributed by atoms with E-state index in [1.54, 1.807) is 24.5 Å². The Bertz CT molecular complexity index is 638. The molecular weight excluding hydrogens is 257 g/mol. The molecule has 0 saturated carbocycles. The molecule has 2 aromatic heterocycles. The lowest BCUT2D eigenvalue weighted by Crippen LogP contribution is -1.79. The Hall–Kier alpha value is -1.58. The van der Waals surface area contributed by atoms with Gasteiger partial charge in [-0.25, -0.2) is 4.98 Å². The normalized spacial score (nSPS) is 10.9. The van der Waals surface area contributed by atoms with Crippen molar-refractivity contribution in [2.24, 2.45) is 0 Å². The highest BCUT2D eigenvalue weighted by atomic mass is 35.5. The molecule has 0 aliphatic rings. The van der Waals surface area contributed by atoms with Gasteiger partial charge in [0.1, 0.15) is 5.82 Å². The molecule has 0 atom stereocenters. The number of fused-ring (bicyclic) bond motifs is 1. The van der Waals surface area contributed by atoms with Crippen LogP contribution < -0.4 is 0 Å². The molecule has 0 radical (unpaired) electrons. The van der Waals surface area contributed by atoms with E-state index < -0.39 is 0 Å². The molecule has 0 saturated heterocycles. The lowest BCUT2D eigenvalue weighted by molar-refractivity contribution is 1.28. The van der Waals surface area contributed by atoms with E-state index in [1.165, 1.54) is 0 Å². The Kier molecular flexibility index (Phi) is 2.50. The van der Waals surface area contributed by atoms with E-state index >= 15 is 0 Å². The second-order valence-corrected chi connectivity index (χ2v) is 4.42. The summed E-state index contributed by atoms with van der Waals surface area (Å²) < 4.78 is 0. The predicted octanol–water partition coefficient (Wildman–Crippen LogP) is 3.93. The second kappa shape index (κ2) is 4.02. The topological polar surface area (TPSA) is 41.6 Å². The smallest absolute Gasteiger partial charge is 0.138 e. The van der Waals surface area contributed by atoms with E-state index in [-0.39, 0.29) is 0 Å². The number of pyridine rings is 1. The van der Waals surface area contributed by atoms with Crippen LogP contribution in [0.3, 0.4) is 0 Å². The lowest BCUT2D eigenvalue weighted by Gasteiger charge is -1.93. The fraction of sp³-hybridized carbons (Fsp3) is 0. The van der Waals surface area contributed by atoms with Crippen LogP contribution in [-0.4, -0.2) is 15.0 Å². The maximum Gasteiger partial charge on any atom is 0.138 e. The highest BCUT2D eigenvalue weighted by molar-refractivity contribution is 6.42. The average Bonchev–Trinajstić information content (AvgIpc) is 2.74. The summed E-state index contributed by atoms with van der Waals surface area (Å²) in [4.78, 5) is 11.6. The van der Waals surface area contributed by atoms with E-state index in [9.17, 15) is 0 Å². The number of imidazole rings is 1. The largest absolute Gasteiger partial charge is 0.338 e. The van der Waals surface area contributed by atoms with Gasteiger partial charge in [0.15, 0.2) is 0 Å². The van der Waals surface area contributed by atoms with Crippen LogP contribution in [0.5, 0.6) is 0 Å². The molecule has 3 aromatic rings. The number of benzene rings is 1. The number of halogens is 2. The molecule has 1 N–H and O–H groups in total. The number of hydrogen-bond acceptors (Lipinski definition) is 2. The van der Waals surface area contributed by atoms with Crippen LogP contribution in [0.2, 0.25) is 10.0 Å². The Morgan fingerprint density at radius 3 is 2.47 bits per heavy atom. The summed E-state index contributed by atoms with van der Waals surface area (Å²) >= 11 is 11.9. The van der Waals surface area contributed by atoms with Gasteiger partial charge in [0.25, 0.3) is 0 Å². The maximum atomic E-state index is 5.95. The van der Waals surface area contributed by atoms with Crippen molar-refractivity contribution in [1.29, 1.82) is 0 Å². The summed E-state index contributed by atoms with van der Waals surface area (Å²) in [5.74, 6) is 0.778. The van der Waals surface area contributed by atoms with Crippen LogP contribution in [-0.2, 0) is 0 Å². The van der Waals surface area contributed by atoms with Crippen LogP contribution >= 0.6 is 23.2 Å². The molecule has 0 aliphatic carbocycles. The number of nitrogens with zero attached hydrogens (tertiary/aromatic N) is 2. The molecule has 3 rings (SSSR count). The zero-order valence-electron chi connectivity index (χ0n) is 8.61. The fourth-order valence-corrected chi connectivity index (χ4v) is 1.97. The number of aromatic amines is 1. The van der Waals surface area contributed by atoms with Gasteiger partial charge in [0.2, 0.25) is 0 Å². The number of H-pyrrole nitrogens is 1. The Labute approximate surface area is 107 Å². The molecule has 2 heterocycles. The molecule has 0 unspecified atom stereocenters. The molecule has 0 fully saturated rings.